The van der Waals surface area contributed by atoms with Gasteiger partial charge in [-0.3, -0.25) is 0 Å². The second kappa shape index (κ2) is 5.72. The van der Waals surface area contributed by atoms with Crippen molar-refractivity contribution in [2.75, 3.05) is 6.61 Å². The van der Waals surface area contributed by atoms with Crippen molar-refractivity contribution < 1.29 is 9.94 Å². The molecule has 0 bridgehead atoms. The zero-order valence-corrected chi connectivity index (χ0v) is 16.6. The Balaban J connectivity index is 1.39. The van der Waals surface area contributed by atoms with Crippen molar-refractivity contribution in [1.82, 2.24) is 0 Å². The molecule has 4 saturated carbocycles. The topological polar surface area (TPSA) is 41.8 Å². The molecule has 27 heavy (non-hydrogen) atoms. The van der Waals surface area contributed by atoms with Crippen LogP contribution in [0.5, 0.6) is 0 Å². The van der Waals surface area contributed by atoms with E-state index < -0.39 is 0 Å². The summed E-state index contributed by atoms with van der Waals surface area (Å²) >= 11 is 0. The number of ether oxygens (including phenoxy) is 1. The number of hydrogen-bond donors (Lipinski definition) is 1. The van der Waals surface area contributed by atoms with E-state index in [4.69, 9.17) is 4.74 Å². The fourth-order valence-corrected chi connectivity index (χ4v) is 8.41. The van der Waals surface area contributed by atoms with Gasteiger partial charge in [0.2, 0.25) is 0 Å². The van der Waals surface area contributed by atoms with Crippen molar-refractivity contribution in [3.8, 4) is 0 Å². The summed E-state index contributed by atoms with van der Waals surface area (Å²) in [5.41, 5.74) is 2.91. The van der Waals surface area contributed by atoms with Crippen LogP contribution in [0.2, 0.25) is 0 Å². The summed E-state index contributed by atoms with van der Waals surface area (Å²) in [5, 5.41) is 12.9. The van der Waals surface area contributed by atoms with Crippen molar-refractivity contribution in [2.45, 2.75) is 70.3 Å². The minimum absolute atomic E-state index is 0.0378. The Bertz CT molecular complexity index is 735. The van der Waals surface area contributed by atoms with E-state index in [0.717, 1.165) is 54.2 Å². The van der Waals surface area contributed by atoms with Crippen LogP contribution in [0.1, 0.15) is 64.7 Å². The van der Waals surface area contributed by atoms with Gasteiger partial charge in [0, 0.05) is 5.41 Å². The van der Waals surface area contributed by atoms with Crippen molar-refractivity contribution in [3.63, 3.8) is 0 Å². The van der Waals surface area contributed by atoms with Gasteiger partial charge in [0.25, 0.3) is 0 Å². The van der Waals surface area contributed by atoms with E-state index in [-0.39, 0.29) is 5.60 Å². The third-order valence-corrected chi connectivity index (χ3v) is 9.77. The first-order valence-electron chi connectivity index (χ1n) is 11.4. The molecule has 146 valence electrons. The predicted octanol–water partition coefficient (Wildman–Crippen LogP) is 5.35. The molecule has 1 aliphatic heterocycles. The lowest BCUT2D eigenvalue weighted by atomic mass is 9.47. The lowest BCUT2D eigenvalue weighted by Crippen LogP contribution is -2.54. The van der Waals surface area contributed by atoms with Gasteiger partial charge in [0.1, 0.15) is 0 Å². The maximum Gasteiger partial charge on any atom is 0.0923 e. The molecule has 1 spiro atoms. The van der Waals surface area contributed by atoms with Crippen LogP contribution in [0.25, 0.3) is 0 Å². The SMILES string of the molecule is C[C@]12CCC3C(C1CC[C@@]21C=CCO1)[C@@H](C1CC1)CC1=C/C(=N/O)CC[C@@H]13. The van der Waals surface area contributed by atoms with Crippen LogP contribution in [0.3, 0.4) is 0 Å². The minimum atomic E-state index is 0.0378. The molecule has 4 fully saturated rings. The van der Waals surface area contributed by atoms with Gasteiger partial charge in [-0.2, -0.15) is 0 Å². The molecule has 0 aromatic carbocycles. The number of nitrogens with zero attached hydrogens (tertiary/aromatic N) is 1. The summed E-state index contributed by atoms with van der Waals surface area (Å²) in [6.45, 7) is 3.39. The maximum atomic E-state index is 9.30. The molecule has 0 amide bonds. The molecule has 5 aliphatic carbocycles. The van der Waals surface area contributed by atoms with Gasteiger partial charge in [-0.15, -0.1) is 0 Å². The highest BCUT2D eigenvalue weighted by atomic mass is 16.5. The first kappa shape index (κ1) is 16.8. The van der Waals surface area contributed by atoms with Gasteiger partial charge in [0.05, 0.1) is 17.9 Å². The molecule has 6 aliphatic rings. The van der Waals surface area contributed by atoms with Crippen LogP contribution in [0.15, 0.2) is 29.0 Å². The standard InChI is InChI=1S/C24H33NO2/c1-23-10-7-19-18-6-5-17(25-26)13-16(18)14-20(15-3-4-15)22(19)21(23)8-11-24(23)9-2-12-27-24/h2,9,13,15,18-22,26H,3-8,10-12,14H2,1H3/b25-17+/t18-,19?,20+,21?,22?,23-,24-/m0/s1. The van der Waals surface area contributed by atoms with Gasteiger partial charge in [-0.1, -0.05) is 29.8 Å². The monoisotopic (exact) mass is 367 g/mol. The molecule has 0 aromatic heterocycles. The molecule has 7 atom stereocenters. The maximum absolute atomic E-state index is 9.30. The molecule has 1 N–H and O–H groups in total. The Morgan fingerprint density at radius 3 is 2.74 bits per heavy atom. The summed E-state index contributed by atoms with van der Waals surface area (Å²) in [4.78, 5) is 0. The third-order valence-electron chi connectivity index (χ3n) is 9.77. The number of hydrogen-bond acceptors (Lipinski definition) is 3. The van der Waals surface area contributed by atoms with Crippen LogP contribution >= 0.6 is 0 Å². The highest BCUT2D eigenvalue weighted by Gasteiger charge is 2.65. The Morgan fingerprint density at radius 1 is 1.11 bits per heavy atom. The number of oxime groups is 1. The van der Waals surface area contributed by atoms with Gasteiger partial charge in [-0.25, -0.2) is 0 Å². The lowest BCUT2D eigenvalue weighted by Gasteiger charge is -2.58. The Morgan fingerprint density at radius 2 is 2.00 bits per heavy atom. The number of allylic oxidation sites excluding steroid dienone is 2. The quantitative estimate of drug-likeness (QED) is 0.385. The second-order valence-electron chi connectivity index (χ2n) is 10.6. The lowest BCUT2D eigenvalue weighted by molar-refractivity contribution is -0.122. The first-order chi connectivity index (χ1) is 13.2. The normalized spacial score (nSPS) is 52.6. The van der Waals surface area contributed by atoms with Crippen LogP contribution in [-0.2, 0) is 4.74 Å². The molecular formula is C24H33NO2. The summed E-state index contributed by atoms with van der Waals surface area (Å²) in [6, 6.07) is 0. The molecule has 0 saturated heterocycles. The fourth-order valence-electron chi connectivity index (χ4n) is 8.41. The van der Waals surface area contributed by atoms with E-state index >= 15 is 0 Å². The van der Waals surface area contributed by atoms with Gasteiger partial charge >= 0.3 is 0 Å². The molecule has 6 rings (SSSR count). The number of fused-ring (bicyclic) bond motifs is 6. The molecule has 3 nitrogen and oxygen atoms in total. The molecule has 0 aromatic rings. The van der Waals surface area contributed by atoms with Crippen molar-refractivity contribution in [1.29, 1.82) is 0 Å². The van der Waals surface area contributed by atoms with E-state index in [0.29, 0.717) is 5.41 Å². The van der Waals surface area contributed by atoms with Crippen LogP contribution in [-0.4, -0.2) is 23.1 Å². The Kier molecular flexibility index (Phi) is 3.56. The van der Waals surface area contributed by atoms with E-state index in [1.165, 1.54) is 51.4 Å². The average Bonchev–Trinajstić information content (AvgIpc) is 3.35. The molecule has 1 heterocycles. The van der Waals surface area contributed by atoms with E-state index in [9.17, 15) is 5.21 Å². The van der Waals surface area contributed by atoms with Crippen LogP contribution in [0.4, 0.5) is 0 Å². The molecule has 3 unspecified atom stereocenters. The van der Waals surface area contributed by atoms with Crippen LogP contribution < -0.4 is 0 Å². The van der Waals surface area contributed by atoms with Crippen LogP contribution in [0, 0.1) is 40.9 Å². The zero-order chi connectivity index (χ0) is 18.2. The average molecular weight is 368 g/mol. The fraction of sp³-hybridized carbons (Fsp3) is 0.792. The molecule has 3 heteroatoms. The highest BCUT2D eigenvalue weighted by molar-refractivity contribution is 5.96. The molecular weight excluding hydrogens is 334 g/mol. The van der Waals surface area contributed by atoms with Gasteiger partial charge in [-0.05, 0) is 99.4 Å². The first-order valence-corrected chi connectivity index (χ1v) is 11.4. The van der Waals surface area contributed by atoms with Crippen molar-refractivity contribution >= 4 is 5.71 Å². The summed E-state index contributed by atoms with van der Waals surface area (Å²) in [5.74, 6) is 5.14. The van der Waals surface area contributed by atoms with Gasteiger partial charge < -0.3 is 9.94 Å². The summed E-state index contributed by atoms with van der Waals surface area (Å²) in [7, 11) is 0. The highest BCUT2D eigenvalue weighted by Crippen LogP contribution is 2.69. The number of rotatable bonds is 1. The zero-order valence-electron chi connectivity index (χ0n) is 16.6. The minimum Gasteiger partial charge on any atom is -0.411 e. The smallest absolute Gasteiger partial charge is 0.0923 e. The van der Waals surface area contributed by atoms with Crippen molar-refractivity contribution in [2.24, 2.45) is 46.1 Å². The largest absolute Gasteiger partial charge is 0.411 e. The van der Waals surface area contributed by atoms with E-state index in [1.54, 1.807) is 5.57 Å². The van der Waals surface area contributed by atoms with E-state index in [1.807, 2.05) is 0 Å². The second-order valence-corrected chi connectivity index (χ2v) is 10.6. The molecule has 0 radical (unpaired) electrons. The third kappa shape index (κ3) is 2.21. The Hall–Kier alpha value is -1.09. The predicted molar refractivity (Wildman–Crippen MR) is 106 cm³/mol. The van der Waals surface area contributed by atoms with Gasteiger partial charge in [0.15, 0.2) is 0 Å². The van der Waals surface area contributed by atoms with Crippen molar-refractivity contribution in [3.05, 3.63) is 23.8 Å². The Labute approximate surface area is 162 Å². The summed E-state index contributed by atoms with van der Waals surface area (Å²) < 4.78 is 6.43. The summed E-state index contributed by atoms with van der Waals surface area (Å²) in [6.07, 6.45) is 18.6. The van der Waals surface area contributed by atoms with E-state index in [2.05, 4.69) is 30.3 Å².